The van der Waals surface area contributed by atoms with Crippen molar-refractivity contribution in [2.24, 2.45) is 0 Å². The predicted octanol–water partition coefficient (Wildman–Crippen LogP) is 1.54. The van der Waals surface area contributed by atoms with Crippen LogP contribution in [0, 0.1) is 0 Å². The number of anilines is 1. The van der Waals surface area contributed by atoms with Gasteiger partial charge in [0.05, 0.1) is 0 Å². The highest BCUT2D eigenvalue weighted by Gasteiger charge is 2.05. The molecule has 0 saturated heterocycles. The molecule has 0 aliphatic carbocycles. The van der Waals surface area contributed by atoms with Gasteiger partial charge >= 0.3 is 0 Å². The van der Waals surface area contributed by atoms with Crippen LogP contribution in [-0.2, 0) is 17.9 Å². The number of halogens is 1. The number of carbonyl (C=O) groups excluding carboxylic acids is 1. The molecule has 0 saturated carbocycles. The number of carbonyl (C=O) groups is 1. The van der Waals surface area contributed by atoms with Crippen molar-refractivity contribution in [1.29, 1.82) is 0 Å². The van der Waals surface area contributed by atoms with Crippen LogP contribution in [0.15, 0.2) is 41.0 Å². The fourth-order valence-corrected chi connectivity index (χ4v) is 1.93. The Morgan fingerprint density at radius 3 is 2.83 bits per heavy atom. The lowest BCUT2D eigenvalue weighted by atomic mass is 10.2. The van der Waals surface area contributed by atoms with E-state index in [2.05, 4.69) is 26.3 Å². The number of nitrogens with zero attached hydrogens (tertiary/aromatic N) is 2. The third kappa shape index (κ3) is 3.33. The fraction of sp³-hybridized carbons (Fsp3) is 0.167. The Labute approximate surface area is 113 Å². The zero-order valence-corrected chi connectivity index (χ0v) is 11.2. The molecule has 3 N–H and O–H groups in total. The van der Waals surface area contributed by atoms with Crippen LogP contribution in [0.25, 0.3) is 0 Å². The minimum absolute atomic E-state index is 0.103. The molecule has 5 nitrogen and oxygen atoms in total. The van der Waals surface area contributed by atoms with Gasteiger partial charge in [0.25, 0.3) is 0 Å². The molecule has 0 spiro atoms. The van der Waals surface area contributed by atoms with E-state index in [9.17, 15) is 4.79 Å². The lowest BCUT2D eigenvalue weighted by Gasteiger charge is -2.07. The Morgan fingerprint density at radius 1 is 1.39 bits per heavy atom. The third-order valence-corrected chi connectivity index (χ3v) is 3.17. The second kappa shape index (κ2) is 5.68. The van der Waals surface area contributed by atoms with E-state index < -0.39 is 0 Å². The minimum atomic E-state index is -0.103. The van der Waals surface area contributed by atoms with Crippen molar-refractivity contribution < 1.29 is 4.79 Å². The Bertz CT molecular complexity index is 553. The Kier molecular flexibility index (Phi) is 3.99. The first kappa shape index (κ1) is 12.6. The van der Waals surface area contributed by atoms with Gasteiger partial charge in [-0.25, -0.2) is 0 Å². The summed E-state index contributed by atoms with van der Waals surface area (Å²) in [5.74, 6) is 0.308. The molecular weight excluding hydrogens is 296 g/mol. The molecule has 6 heteroatoms. The second-order valence-electron chi connectivity index (χ2n) is 3.81. The van der Waals surface area contributed by atoms with Crippen molar-refractivity contribution in [3.8, 4) is 0 Å². The smallest absolute Gasteiger partial charge is 0.241 e. The van der Waals surface area contributed by atoms with Gasteiger partial charge in [-0.2, -0.15) is 5.10 Å². The molecule has 2 rings (SSSR count). The highest BCUT2D eigenvalue weighted by molar-refractivity contribution is 9.10. The lowest BCUT2D eigenvalue weighted by Crippen LogP contribution is -2.27. The molecule has 1 amide bonds. The van der Waals surface area contributed by atoms with Crippen LogP contribution in [-0.4, -0.2) is 15.7 Å². The minimum Gasteiger partial charge on any atom is -0.382 e. The average Bonchev–Trinajstić information content (AvgIpc) is 2.74. The van der Waals surface area contributed by atoms with E-state index in [0.717, 1.165) is 10.0 Å². The number of benzene rings is 1. The Morgan fingerprint density at radius 2 is 2.17 bits per heavy atom. The molecule has 94 valence electrons. The molecule has 2 aromatic rings. The predicted molar refractivity (Wildman–Crippen MR) is 72.6 cm³/mol. The largest absolute Gasteiger partial charge is 0.382 e. The third-order valence-electron chi connectivity index (χ3n) is 2.40. The van der Waals surface area contributed by atoms with Crippen molar-refractivity contribution in [3.63, 3.8) is 0 Å². The van der Waals surface area contributed by atoms with E-state index in [1.54, 1.807) is 12.3 Å². The van der Waals surface area contributed by atoms with Gasteiger partial charge in [0.1, 0.15) is 12.4 Å². The molecular formula is C12H13BrN4O. The van der Waals surface area contributed by atoms with Gasteiger partial charge in [0, 0.05) is 17.2 Å². The van der Waals surface area contributed by atoms with E-state index in [4.69, 9.17) is 5.73 Å². The van der Waals surface area contributed by atoms with Gasteiger partial charge in [-0.3, -0.25) is 9.48 Å². The number of nitrogens with one attached hydrogen (secondary N) is 1. The number of amides is 1. The number of hydrogen-bond acceptors (Lipinski definition) is 3. The van der Waals surface area contributed by atoms with Crippen LogP contribution in [0.1, 0.15) is 5.56 Å². The summed E-state index contributed by atoms with van der Waals surface area (Å²) < 4.78 is 2.48. The van der Waals surface area contributed by atoms with Crippen LogP contribution < -0.4 is 11.1 Å². The molecule has 1 aromatic carbocycles. The molecule has 0 atom stereocenters. The quantitative estimate of drug-likeness (QED) is 0.900. The molecule has 0 radical (unpaired) electrons. The molecule has 0 aliphatic rings. The molecule has 18 heavy (non-hydrogen) atoms. The maximum atomic E-state index is 11.7. The van der Waals surface area contributed by atoms with Crippen LogP contribution in [0.2, 0.25) is 0 Å². The first-order valence-corrected chi connectivity index (χ1v) is 6.23. The first-order chi connectivity index (χ1) is 8.65. The zero-order valence-electron chi connectivity index (χ0n) is 9.64. The van der Waals surface area contributed by atoms with Gasteiger partial charge in [0.2, 0.25) is 5.91 Å². The topological polar surface area (TPSA) is 72.9 Å². The van der Waals surface area contributed by atoms with E-state index in [1.807, 2.05) is 24.3 Å². The highest BCUT2D eigenvalue weighted by atomic mass is 79.9. The van der Waals surface area contributed by atoms with Crippen LogP contribution >= 0.6 is 15.9 Å². The molecule has 0 aliphatic heterocycles. The van der Waals surface area contributed by atoms with Crippen LogP contribution in [0.4, 0.5) is 5.82 Å². The second-order valence-corrected chi connectivity index (χ2v) is 4.66. The number of nitrogen functional groups attached to an aromatic ring is 1. The molecule has 0 bridgehead atoms. The summed E-state index contributed by atoms with van der Waals surface area (Å²) in [5.41, 5.74) is 6.50. The molecule has 0 unspecified atom stereocenters. The van der Waals surface area contributed by atoms with Gasteiger partial charge in [0.15, 0.2) is 0 Å². The Hall–Kier alpha value is -1.82. The standard InChI is InChI=1S/C12H13BrN4O/c13-10-4-2-1-3-9(10)7-15-12(18)8-17-6-5-11(14)16-17/h1-6H,7-8H2,(H2,14,16)(H,15,18). The summed E-state index contributed by atoms with van der Waals surface area (Å²) in [6.45, 7) is 0.651. The van der Waals surface area contributed by atoms with E-state index in [1.165, 1.54) is 4.68 Å². The van der Waals surface area contributed by atoms with Gasteiger partial charge < -0.3 is 11.1 Å². The Balaban J connectivity index is 1.87. The van der Waals surface area contributed by atoms with Crippen molar-refractivity contribution in [1.82, 2.24) is 15.1 Å². The molecule has 1 aromatic heterocycles. The average molecular weight is 309 g/mol. The molecule has 1 heterocycles. The molecule has 0 fully saturated rings. The van der Waals surface area contributed by atoms with Crippen LogP contribution in [0.5, 0.6) is 0 Å². The summed E-state index contributed by atoms with van der Waals surface area (Å²) in [5, 5.41) is 6.77. The number of rotatable bonds is 4. The van der Waals surface area contributed by atoms with Crippen molar-refractivity contribution in [2.45, 2.75) is 13.1 Å². The van der Waals surface area contributed by atoms with Gasteiger partial charge in [-0.15, -0.1) is 0 Å². The summed E-state index contributed by atoms with van der Waals surface area (Å²) in [6.07, 6.45) is 1.67. The number of hydrogen-bond donors (Lipinski definition) is 2. The number of aromatic nitrogens is 2. The van der Waals surface area contributed by atoms with Gasteiger partial charge in [-0.05, 0) is 17.7 Å². The highest BCUT2D eigenvalue weighted by Crippen LogP contribution is 2.15. The van der Waals surface area contributed by atoms with Crippen molar-refractivity contribution in [2.75, 3.05) is 5.73 Å². The normalized spacial score (nSPS) is 10.3. The lowest BCUT2D eigenvalue weighted by molar-refractivity contribution is -0.122. The number of nitrogens with two attached hydrogens (primary N) is 1. The van der Waals surface area contributed by atoms with E-state index >= 15 is 0 Å². The van der Waals surface area contributed by atoms with E-state index in [-0.39, 0.29) is 12.5 Å². The zero-order chi connectivity index (χ0) is 13.0. The van der Waals surface area contributed by atoms with Crippen molar-refractivity contribution >= 4 is 27.7 Å². The van der Waals surface area contributed by atoms with E-state index in [0.29, 0.717) is 12.4 Å². The monoisotopic (exact) mass is 308 g/mol. The summed E-state index contributed by atoms with van der Waals surface area (Å²) in [7, 11) is 0. The maximum Gasteiger partial charge on any atom is 0.241 e. The SMILES string of the molecule is Nc1ccn(CC(=O)NCc2ccccc2Br)n1. The fourth-order valence-electron chi connectivity index (χ4n) is 1.50. The maximum absolute atomic E-state index is 11.7. The van der Waals surface area contributed by atoms with Crippen LogP contribution in [0.3, 0.4) is 0 Å². The van der Waals surface area contributed by atoms with Crippen molar-refractivity contribution in [3.05, 3.63) is 46.6 Å². The first-order valence-electron chi connectivity index (χ1n) is 5.44. The summed E-state index contributed by atoms with van der Waals surface area (Å²) >= 11 is 3.43. The van der Waals surface area contributed by atoms with Gasteiger partial charge in [-0.1, -0.05) is 34.1 Å². The summed E-state index contributed by atoms with van der Waals surface area (Å²) in [4.78, 5) is 11.7. The summed E-state index contributed by atoms with van der Waals surface area (Å²) in [6, 6.07) is 9.41.